The van der Waals surface area contributed by atoms with Crippen molar-refractivity contribution in [1.82, 2.24) is 4.90 Å². The van der Waals surface area contributed by atoms with E-state index in [1.165, 1.54) is 11.3 Å². The smallest absolute Gasteiger partial charge is 0.304 e. The molecule has 0 radical (unpaired) electrons. The van der Waals surface area contributed by atoms with E-state index in [4.69, 9.17) is 5.11 Å². The summed E-state index contributed by atoms with van der Waals surface area (Å²) in [6.45, 7) is 4.27. The quantitative estimate of drug-likeness (QED) is 0.911. The van der Waals surface area contributed by atoms with E-state index in [-0.39, 0.29) is 11.8 Å². The molecular weight excluding hydrogens is 252 g/mol. The van der Waals surface area contributed by atoms with E-state index in [2.05, 4.69) is 41.1 Å². The first-order chi connectivity index (χ1) is 9.59. The molecule has 0 amide bonds. The molecule has 1 heterocycles. The summed E-state index contributed by atoms with van der Waals surface area (Å²) in [5, 5.41) is 9.08. The van der Waals surface area contributed by atoms with E-state index in [1.54, 1.807) is 0 Å². The molecule has 0 unspecified atom stereocenters. The number of likely N-dealkylation sites (N-methyl/N-ethyl adjacent to an activating group) is 1. The van der Waals surface area contributed by atoms with Crippen molar-refractivity contribution in [3.05, 3.63) is 29.8 Å². The summed E-state index contributed by atoms with van der Waals surface area (Å²) in [4.78, 5) is 15.8. The van der Waals surface area contributed by atoms with E-state index in [1.807, 2.05) is 0 Å². The molecule has 1 aromatic carbocycles. The van der Waals surface area contributed by atoms with Crippen LogP contribution in [0.25, 0.3) is 0 Å². The minimum Gasteiger partial charge on any atom is -0.481 e. The number of anilines is 1. The Morgan fingerprint density at radius 2 is 1.95 bits per heavy atom. The highest BCUT2D eigenvalue weighted by Gasteiger charge is 2.46. The van der Waals surface area contributed by atoms with Crippen LogP contribution in [0.2, 0.25) is 0 Å². The summed E-state index contributed by atoms with van der Waals surface area (Å²) in [6, 6.07) is 8.52. The first-order valence-corrected chi connectivity index (χ1v) is 7.35. The van der Waals surface area contributed by atoms with Gasteiger partial charge in [-0.05, 0) is 37.6 Å². The van der Waals surface area contributed by atoms with Crippen LogP contribution in [0.1, 0.15) is 24.8 Å². The van der Waals surface area contributed by atoms with Crippen molar-refractivity contribution in [2.24, 2.45) is 0 Å². The number of hydrogen-bond acceptors (Lipinski definition) is 3. The minimum absolute atomic E-state index is 0.0889. The van der Waals surface area contributed by atoms with Crippen molar-refractivity contribution in [2.75, 3.05) is 38.1 Å². The minimum atomic E-state index is -0.687. The maximum Gasteiger partial charge on any atom is 0.304 e. The van der Waals surface area contributed by atoms with Gasteiger partial charge in [-0.1, -0.05) is 12.1 Å². The Bertz CT molecular complexity index is 503. The largest absolute Gasteiger partial charge is 0.481 e. The number of rotatable bonds is 4. The molecule has 1 aliphatic carbocycles. The van der Waals surface area contributed by atoms with Gasteiger partial charge in [0.05, 0.1) is 6.42 Å². The average molecular weight is 274 g/mol. The molecule has 4 nitrogen and oxygen atoms in total. The Labute approximate surface area is 120 Å². The molecule has 4 heteroatoms. The predicted molar refractivity (Wildman–Crippen MR) is 79.3 cm³/mol. The number of carbonyl (C=O) groups is 1. The first-order valence-electron chi connectivity index (χ1n) is 7.35. The van der Waals surface area contributed by atoms with Gasteiger partial charge in [0.1, 0.15) is 0 Å². The Kier molecular flexibility index (Phi) is 3.42. The fraction of sp³-hybridized carbons (Fsp3) is 0.562. The van der Waals surface area contributed by atoms with Crippen LogP contribution in [0, 0.1) is 0 Å². The zero-order chi connectivity index (χ0) is 14.2. The number of nitrogens with zero attached hydrogens (tertiary/aromatic N) is 2. The summed E-state index contributed by atoms with van der Waals surface area (Å²) in [6.07, 6.45) is 2.27. The molecule has 1 aliphatic heterocycles. The summed E-state index contributed by atoms with van der Waals surface area (Å²) >= 11 is 0. The fourth-order valence-corrected chi connectivity index (χ4v) is 3.11. The number of piperazine rings is 1. The summed E-state index contributed by atoms with van der Waals surface area (Å²) in [5.41, 5.74) is 2.36. The summed E-state index contributed by atoms with van der Waals surface area (Å²) in [5.74, 6) is -0.687. The second-order valence-electron chi connectivity index (χ2n) is 6.19. The van der Waals surface area contributed by atoms with Crippen LogP contribution in [0.15, 0.2) is 24.3 Å². The third-order valence-electron chi connectivity index (χ3n) is 4.67. The molecule has 0 aromatic heterocycles. The highest BCUT2D eigenvalue weighted by molar-refractivity contribution is 5.70. The third kappa shape index (κ3) is 2.66. The van der Waals surface area contributed by atoms with Crippen LogP contribution >= 0.6 is 0 Å². The number of aliphatic carboxylic acids is 1. The van der Waals surface area contributed by atoms with Crippen molar-refractivity contribution in [2.45, 2.75) is 24.7 Å². The summed E-state index contributed by atoms with van der Waals surface area (Å²) < 4.78 is 0. The van der Waals surface area contributed by atoms with Gasteiger partial charge in [-0.15, -0.1) is 0 Å². The monoisotopic (exact) mass is 274 g/mol. The molecule has 1 saturated heterocycles. The second-order valence-corrected chi connectivity index (χ2v) is 6.19. The molecule has 0 bridgehead atoms. The average Bonchev–Trinajstić information content (AvgIpc) is 3.20. The fourth-order valence-electron chi connectivity index (χ4n) is 3.11. The number of carboxylic acid groups (broad SMARTS) is 1. The molecule has 3 rings (SSSR count). The Hall–Kier alpha value is -1.55. The van der Waals surface area contributed by atoms with Crippen LogP contribution in [0.3, 0.4) is 0 Å². The van der Waals surface area contributed by atoms with Crippen LogP contribution < -0.4 is 4.90 Å². The molecule has 1 saturated carbocycles. The van der Waals surface area contributed by atoms with Gasteiger partial charge >= 0.3 is 5.97 Å². The SMILES string of the molecule is CN1CCN(c2cccc(C3(CC(=O)O)CC3)c2)CC1. The first kappa shape index (κ1) is 13.4. The zero-order valence-electron chi connectivity index (χ0n) is 12.0. The molecular formula is C16H22N2O2. The van der Waals surface area contributed by atoms with E-state index < -0.39 is 5.97 Å². The van der Waals surface area contributed by atoms with Gasteiger partial charge in [-0.2, -0.15) is 0 Å². The highest BCUT2D eigenvalue weighted by Crippen LogP contribution is 2.51. The standard InChI is InChI=1S/C16H22N2O2/c1-17-7-9-18(10-8-17)14-4-2-3-13(11-14)16(5-6-16)12-15(19)20/h2-4,11H,5-10,12H2,1H3,(H,19,20). The topological polar surface area (TPSA) is 43.8 Å². The third-order valence-corrected chi connectivity index (χ3v) is 4.67. The summed E-state index contributed by atoms with van der Waals surface area (Å²) in [7, 11) is 2.15. The molecule has 20 heavy (non-hydrogen) atoms. The highest BCUT2D eigenvalue weighted by atomic mass is 16.4. The van der Waals surface area contributed by atoms with Gasteiger partial charge in [0.2, 0.25) is 0 Å². The van der Waals surface area contributed by atoms with Crippen LogP contribution in [0.4, 0.5) is 5.69 Å². The van der Waals surface area contributed by atoms with Crippen molar-refractivity contribution >= 4 is 11.7 Å². The maximum atomic E-state index is 11.0. The molecule has 2 fully saturated rings. The van der Waals surface area contributed by atoms with Crippen LogP contribution in [0.5, 0.6) is 0 Å². The molecule has 0 atom stereocenters. The van der Waals surface area contributed by atoms with Gasteiger partial charge in [-0.25, -0.2) is 0 Å². The van der Waals surface area contributed by atoms with E-state index in [0.29, 0.717) is 0 Å². The van der Waals surface area contributed by atoms with Crippen molar-refractivity contribution in [3.8, 4) is 0 Å². The molecule has 0 spiro atoms. The van der Waals surface area contributed by atoms with E-state index in [9.17, 15) is 4.79 Å². The molecule has 1 N–H and O–H groups in total. The second kappa shape index (κ2) is 5.09. The lowest BCUT2D eigenvalue weighted by Crippen LogP contribution is -2.44. The normalized spacial score (nSPS) is 21.8. The van der Waals surface area contributed by atoms with Crippen molar-refractivity contribution in [1.29, 1.82) is 0 Å². The van der Waals surface area contributed by atoms with E-state index >= 15 is 0 Å². The lowest BCUT2D eigenvalue weighted by Gasteiger charge is -2.34. The number of hydrogen-bond donors (Lipinski definition) is 1. The number of carboxylic acids is 1. The molecule has 1 aromatic rings. The van der Waals surface area contributed by atoms with Gasteiger partial charge < -0.3 is 14.9 Å². The van der Waals surface area contributed by atoms with Crippen LogP contribution in [-0.4, -0.2) is 49.2 Å². The lowest BCUT2D eigenvalue weighted by atomic mass is 9.92. The predicted octanol–water partition coefficient (Wildman–Crippen LogP) is 1.94. The molecule has 2 aliphatic rings. The van der Waals surface area contributed by atoms with E-state index in [0.717, 1.165) is 39.0 Å². The van der Waals surface area contributed by atoms with Crippen LogP contribution in [-0.2, 0) is 10.2 Å². The van der Waals surface area contributed by atoms with Crippen molar-refractivity contribution < 1.29 is 9.90 Å². The van der Waals surface area contributed by atoms with Gasteiger partial charge in [0, 0.05) is 37.3 Å². The van der Waals surface area contributed by atoms with Crippen molar-refractivity contribution in [3.63, 3.8) is 0 Å². The lowest BCUT2D eigenvalue weighted by molar-refractivity contribution is -0.137. The maximum absolute atomic E-state index is 11.0. The number of benzene rings is 1. The zero-order valence-corrected chi connectivity index (χ0v) is 12.0. The Morgan fingerprint density at radius 1 is 1.25 bits per heavy atom. The van der Waals surface area contributed by atoms with Gasteiger partial charge in [0.25, 0.3) is 0 Å². The Balaban J connectivity index is 1.78. The molecule has 108 valence electrons. The van der Waals surface area contributed by atoms with Gasteiger partial charge in [0.15, 0.2) is 0 Å². The Morgan fingerprint density at radius 3 is 2.55 bits per heavy atom. The van der Waals surface area contributed by atoms with Gasteiger partial charge in [-0.3, -0.25) is 4.79 Å².